The van der Waals surface area contributed by atoms with Gasteiger partial charge in [-0.15, -0.1) is 0 Å². The standard InChI is InChI=1S/C13H15ClFN3/c1-8(16)12-7-18(9(2)17-12)6-10-4-3-5-11(15)13(10)14/h3-5,7-8H,6,16H2,1-2H3/t8-/m1/s1. The highest BCUT2D eigenvalue weighted by Gasteiger charge is 2.11. The van der Waals surface area contributed by atoms with Crippen LogP contribution in [0.4, 0.5) is 4.39 Å². The number of aromatic nitrogens is 2. The molecule has 1 atom stereocenters. The van der Waals surface area contributed by atoms with Crippen LogP contribution in [-0.2, 0) is 6.54 Å². The van der Waals surface area contributed by atoms with Gasteiger partial charge in [0.1, 0.15) is 11.6 Å². The van der Waals surface area contributed by atoms with Crippen LogP contribution in [0.25, 0.3) is 0 Å². The van der Waals surface area contributed by atoms with E-state index in [9.17, 15) is 4.39 Å². The Hall–Kier alpha value is -1.39. The number of nitrogens with two attached hydrogens (primary N) is 1. The Labute approximate surface area is 110 Å². The summed E-state index contributed by atoms with van der Waals surface area (Å²) in [6.07, 6.45) is 1.88. The number of imidazole rings is 1. The number of benzene rings is 1. The highest BCUT2D eigenvalue weighted by atomic mass is 35.5. The Morgan fingerprint density at radius 2 is 2.22 bits per heavy atom. The first-order chi connectivity index (χ1) is 8.49. The average molecular weight is 268 g/mol. The Morgan fingerprint density at radius 1 is 1.50 bits per heavy atom. The first-order valence-electron chi connectivity index (χ1n) is 5.71. The molecule has 0 aliphatic heterocycles. The van der Waals surface area contributed by atoms with E-state index >= 15 is 0 Å². The van der Waals surface area contributed by atoms with E-state index in [1.54, 1.807) is 12.1 Å². The van der Waals surface area contributed by atoms with Gasteiger partial charge in [0.15, 0.2) is 0 Å². The molecule has 0 unspecified atom stereocenters. The van der Waals surface area contributed by atoms with Gasteiger partial charge in [-0.1, -0.05) is 23.7 Å². The molecule has 0 aliphatic carbocycles. The van der Waals surface area contributed by atoms with Gasteiger partial charge < -0.3 is 10.3 Å². The Morgan fingerprint density at radius 3 is 2.83 bits per heavy atom. The molecule has 0 radical (unpaired) electrons. The van der Waals surface area contributed by atoms with Crippen molar-refractivity contribution in [1.29, 1.82) is 0 Å². The van der Waals surface area contributed by atoms with Gasteiger partial charge in [-0.25, -0.2) is 9.37 Å². The molecule has 2 aromatic rings. The van der Waals surface area contributed by atoms with E-state index in [0.29, 0.717) is 6.54 Å². The number of aryl methyl sites for hydroxylation is 1. The summed E-state index contributed by atoms with van der Waals surface area (Å²) in [6, 6.07) is 4.68. The van der Waals surface area contributed by atoms with Gasteiger partial charge >= 0.3 is 0 Å². The van der Waals surface area contributed by atoms with Gasteiger partial charge in [0.25, 0.3) is 0 Å². The van der Waals surface area contributed by atoms with Gasteiger partial charge in [0.2, 0.25) is 0 Å². The van der Waals surface area contributed by atoms with E-state index in [1.807, 2.05) is 24.6 Å². The largest absolute Gasteiger partial charge is 0.330 e. The molecule has 1 aromatic carbocycles. The van der Waals surface area contributed by atoms with Gasteiger partial charge in [-0.2, -0.15) is 0 Å². The molecule has 0 aliphatic rings. The Bertz CT molecular complexity index is 563. The van der Waals surface area contributed by atoms with Crippen LogP contribution >= 0.6 is 11.6 Å². The maximum atomic E-state index is 13.3. The zero-order valence-corrected chi connectivity index (χ0v) is 11.1. The number of halogens is 2. The predicted octanol–water partition coefficient (Wildman–Crippen LogP) is 3.05. The second kappa shape index (κ2) is 5.08. The van der Waals surface area contributed by atoms with Crippen LogP contribution in [0.15, 0.2) is 24.4 Å². The summed E-state index contributed by atoms with van der Waals surface area (Å²) in [5.41, 5.74) is 7.33. The fraction of sp³-hybridized carbons (Fsp3) is 0.308. The fourth-order valence-corrected chi connectivity index (χ4v) is 1.95. The molecular formula is C13H15ClFN3. The van der Waals surface area contributed by atoms with Gasteiger partial charge in [0.05, 0.1) is 17.3 Å². The number of hydrogen-bond donors (Lipinski definition) is 1. The smallest absolute Gasteiger partial charge is 0.142 e. The SMILES string of the molecule is Cc1nc([C@@H](C)N)cn1Cc1cccc(F)c1Cl. The topological polar surface area (TPSA) is 43.8 Å². The van der Waals surface area contributed by atoms with Gasteiger partial charge in [-0.3, -0.25) is 0 Å². The van der Waals surface area contributed by atoms with Gasteiger partial charge in [-0.05, 0) is 25.5 Å². The summed E-state index contributed by atoms with van der Waals surface area (Å²) >= 11 is 5.93. The third kappa shape index (κ3) is 2.54. The lowest BCUT2D eigenvalue weighted by molar-refractivity contribution is 0.623. The zero-order valence-electron chi connectivity index (χ0n) is 10.3. The van der Waals surface area contributed by atoms with Crippen LogP contribution in [0, 0.1) is 12.7 Å². The molecule has 0 saturated heterocycles. The lowest BCUT2D eigenvalue weighted by atomic mass is 10.2. The van der Waals surface area contributed by atoms with E-state index < -0.39 is 5.82 Å². The molecule has 18 heavy (non-hydrogen) atoms. The van der Waals surface area contributed by atoms with Crippen molar-refractivity contribution in [2.24, 2.45) is 5.73 Å². The van der Waals surface area contributed by atoms with E-state index in [2.05, 4.69) is 4.98 Å². The molecule has 1 heterocycles. The first-order valence-corrected chi connectivity index (χ1v) is 6.09. The van der Waals surface area contributed by atoms with Crippen molar-refractivity contribution in [3.05, 3.63) is 52.3 Å². The van der Waals surface area contributed by atoms with Crippen molar-refractivity contribution in [3.63, 3.8) is 0 Å². The monoisotopic (exact) mass is 267 g/mol. The van der Waals surface area contributed by atoms with Crippen LogP contribution in [0.5, 0.6) is 0 Å². The number of nitrogens with zero attached hydrogens (tertiary/aromatic N) is 2. The molecule has 1 aromatic heterocycles. The summed E-state index contributed by atoms with van der Waals surface area (Å²) in [5, 5.41) is 0.160. The minimum atomic E-state index is -0.403. The summed E-state index contributed by atoms with van der Waals surface area (Å²) < 4.78 is 15.3. The van der Waals surface area contributed by atoms with Crippen molar-refractivity contribution in [3.8, 4) is 0 Å². The molecule has 0 saturated carbocycles. The normalized spacial score (nSPS) is 12.7. The molecule has 0 amide bonds. The lowest BCUT2D eigenvalue weighted by Crippen LogP contribution is -2.05. The average Bonchev–Trinajstić information content (AvgIpc) is 2.67. The van der Waals surface area contributed by atoms with Crippen LogP contribution in [0.1, 0.15) is 30.0 Å². The quantitative estimate of drug-likeness (QED) is 0.929. The summed E-state index contributed by atoms with van der Waals surface area (Å²) in [7, 11) is 0. The van der Waals surface area contributed by atoms with Crippen LogP contribution in [0.2, 0.25) is 5.02 Å². The Kier molecular flexibility index (Phi) is 3.68. The summed E-state index contributed by atoms with van der Waals surface area (Å²) in [5.74, 6) is 0.432. The van der Waals surface area contributed by atoms with E-state index in [4.69, 9.17) is 17.3 Å². The van der Waals surface area contributed by atoms with Crippen molar-refractivity contribution in [1.82, 2.24) is 9.55 Å². The second-order valence-corrected chi connectivity index (χ2v) is 4.72. The number of rotatable bonds is 3. The summed E-state index contributed by atoms with van der Waals surface area (Å²) in [4.78, 5) is 4.36. The minimum Gasteiger partial charge on any atom is -0.330 e. The third-order valence-corrected chi connectivity index (χ3v) is 3.26. The second-order valence-electron chi connectivity index (χ2n) is 4.34. The maximum Gasteiger partial charge on any atom is 0.142 e. The first kappa shape index (κ1) is 13.1. The van der Waals surface area contributed by atoms with Crippen LogP contribution in [0.3, 0.4) is 0 Å². The number of hydrogen-bond acceptors (Lipinski definition) is 2. The lowest BCUT2D eigenvalue weighted by Gasteiger charge is -2.07. The highest BCUT2D eigenvalue weighted by molar-refractivity contribution is 6.31. The van der Waals surface area contributed by atoms with Gasteiger partial charge in [0, 0.05) is 12.2 Å². The Balaban J connectivity index is 2.31. The summed E-state index contributed by atoms with van der Waals surface area (Å²) in [6.45, 7) is 4.25. The zero-order chi connectivity index (χ0) is 13.3. The highest BCUT2D eigenvalue weighted by Crippen LogP contribution is 2.21. The fourth-order valence-electron chi connectivity index (χ4n) is 1.77. The third-order valence-electron chi connectivity index (χ3n) is 2.83. The molecule has 0 bridgehead atoms. The van der Waals surface area contributed by atoms with Crippen LogP contribution < -0.4 is 5.73 Å². The van der Waals surface area contributed by atoms with E-state index in [0.717, 1.165) is 17.1 Å². The van der Waals surface area contributed by atoms with E-state index in [-0.39, 0.29) is 11.1 Å². The molecule has 2 N–H and O–H groups in total. The molecule has 3 nitrogen and oxygen atoms in total. The van der Waals surface area contributed by atoms with Crippen molar-refractivity contribution < 1.29 is 4.39 Å². The van der Waals surface area contributed by atoms with E-state index in [1.165, 1.54) is 6.07 Å². The van der Waals surface area contributed by atoms with Crippen molar-refractivity contribution in [2.45, 2.75) is 26.4 Å². The molecule has 96 valence electrons. The maximum absolute atomic E-state index is 13.3. The molecule has 0 fully saturated rings. The molecule has 0 spiro atoms. The molecule has 5 heteroatoms. The minimum absolute atomic E-state index is 0.118. The van der Waals surface area contributed by atoms with Crippen molar-refractivity contribution >= 4 is 11.6 Å². The molecular weight excluding hydrogens is 253 g/mol. The molecule has 2 rings (SSSR count). The van der Waals surface area contributed by atoms with Crippen molar-refractivity contribution in [2.75, 3.05) is 0 Å². The van der Waals surface area contributed by atoms with Crippen LogP contribution in [-0.4, -0.2) is 9.55 Å². The predicted molar refractivity (Wildman–Crippen MR) is 70.1 cm³/mol.